The van der Waals surface area contributed by atoms with Crippen molar-refractivity contribution in [3.05, 3.63) is 22.5 Å². The van der Waals surface area contributed by atoms with Crippen molar-refractivity contribution in [2.24, 2.45) is 0 Å². The molecule has 0 aliphatic rings. The Labute approximate surface area is 108 Å². The molecule has 0 saturated heterocycles. The smallest absolute Gasteiger partial charge is 0.340 e. The zero-order chi connectivity index (χ0) is 13.5. The number of nitrogens with one attached hydrogen (secondary N) is 1. The lowest BCUT2D eigenvalue weighted by Crippen LogP contribution is -2.09. The van der Waals surface area contributed by atoms with Crippen LogP contribution in [-0.2, 0) is 17.6 Å². The van der Waals surface area contributed by atoms with E-state index in [2.05, 4.69) is 11.9 Å². The molecule has 100 valence electrons. The second-order valence-electron chi connectivity index (χ2n) is 4.17. The summed E-state index contributed by atoms with van der Waals surface area (Å²) in [6.45, 7) is 6.15. The third-order valence-electron chi connectivity index (χ3n) is 2.95. The fourth-order valence-electron chi connectivity index (χ4n) is 2.08. The Morgan fingerprint density at radius 3 is 2.56 bits per heavy atom. The number of carbonyl (C=O) groups is 2. The van der Waals surface area contributed by atoms with Crippen molar-refractivity contribution in [1.29, 1.82) is 0 Å². The van der Waals surface area contributed by atoms with E-state index >= 15 is 0 Å². The molecule has 1 heterocycles. The maximum absolute atomic E-state index is 12.0. The first-order valence-corrected chi connectivity index (χ1v) is 6.55. The summed E-state index contributed by atoms with van der Waals surface area (Å²) in [4.78, 5) is 26.1. The van der Waals surface area contributed by atoms with Gasteiger partial charge in [-0.2, -0.15) is 0 Å². The molecule has 0 fully saturated rings. The molecule has 0 atom stereocenters. The Kier molecular flexibility index (Phi) is 5.62. The summed E-state index contributed by atoms with van der Waals surface area (Å²) < 4.78 is 5.07. The van der Waals surface area contributed by atoms with E-state index in [9.17, 15) is 9.59 Å². The molecular weight excluding hydrogens is 230 g/mol. The van der Waals surface area contributed by atoms with E-state index < -0.39 is 0 Å². The molecule has 4 nitrogen and oxygen atoms in total. The normalized spacial score (nSPS) is 10.4. The minimum atomic E-state index is -0.329. The van der Waals surface area contributed by atoms with E-state index in [1.54, 1.807) is 6.92 Å². The van der Waals surface area contributed by atoms with Crippen LogP contribution in [0.5, 0.6) is 0 Å². The van der Waals surface area contributed by atoms with Crippen molar-refractivity contribution in [2.45, 2.75) is 46.5 Å². The molecule has 0 radical (unpaired) electrons. The molecule has 18 heavy (non-hydrogen) atoms. The van der Waals surface area contributed by atoms with Gasteiger partial charge in [-0.05, 0) is 31.7 Å². The third-order valence-corrected chi connectivity index (χ3v) is 2.95. The molecule has 1 N–H and O–H groups in total. The summed E-state index contributed by atoms with van der Waals surface area (Å²) in [5.41, 5.74) is 2.67. The Hall–Kier alpha value is -1.58. The van der Waals surface area contributed by atoms with Gasteiger partial charge < -0.3 is 9.72 Å². The Balaban J connectivity index is 3.18. The van der Waals surface area contributed by atoms with Gasteiger partial charge in [-0.3, -0.25) is 4.79 Å². The summed E-state index contributed by atoms with van der Waals surface area (Å²) >= 11 is 0. The SMILES string of the molecule is CCCCc1[nH]c(C=O)c(CC)c1C(=O)OCC. The second kappa shape index (κ2) is 6.99. The Morgan fingerprint density at radius 1 is 1.33 bits per heavy atom. The van der Waals surface area contributed by atoms with Crippen molar-refractivity contribution in [3.63, 3.8) is 0 Å². The Morgan fingerprint density at radius 2 is 2.06 bits per heavy atom. The largest absolute Gasteiger partial charge is 0.462 e. The Bertz CT molecular complexity index is 421. The van der Waals surface area contributed by atoms with Gasteiger partial charge in [0.25, 0.3) is 0 Å². The zero-order valence-electron chi connectivity index (χ0n) is 11.3. The second-order valence-corrected chi connectivity index (χ2v) is 4.17. The summed E-state index contributed by atoms with van der Waals surface area (Å²) in [7, 11) is 0. The van der Waals surface area contributed by atoms with Gasteiger partial charge in [0.1, 0.15) is 0 Å². The first kappa shape index (κ1) is 14.5. The van der Waals surface area contributed by atoms with Gasteiger partial charge >= 0.3 is 5.97 Å². The van der Waals surface area contributed by atoms with Crippen molar-refractivity contribution < 1.29 is 14.3 Å². The van der Waals surface area contributed by atoms with Crippen LogP contribution in [0.4, 0.5) is 0 Å². The van der Waals surface area contributed by atoms with Crippen LogP contribution in [0.15, 0.2) is 0 Å². The quantitative estimate of drug-likeness (QED) is 0.598. The summed E-state index contributed by atoms with van der Waals surface area (Å²) in [6, 6.07) is 0. The van der Waals surface area contributed by atoms with Gasteiger partial charge in [0.05, 0.1) is 17.9 Å². The number of aldehydes is 1. The molecule has 0 aliphatic heterocycles. The van der Waals surface area contributed by atoms with Gasteiger partial charge in [-0.25, -0.2) is 4.79 Å². The standard InChI is InChI=1S/C14H21NO3/c1-4-7-8-11-13(14(17)18-6-3)10(5-2)12(9-16)15-11/h9,15H,4-8H2,1-3H3. The van der Waals surface area contributed by atoms with E-state index in [0.717, 1.165) is 36.8 Å². The van der Waals surface area contributed by atoms with Crippen molar-refractivity contribution in [2.75, 3.05) is 6.61 Å². The number of unbranched alkanes of at least 4 members (excludes halogenated alkanes) is 1. The van der Waals surface area contributed by atoms with Crippen molar-refractivity contribution in [1.82, 2.24) is 4.98 Å². The van der Waals surface area contributed by atoms with Gasteiger partial charge in [0.2, 0.25) is 0 Å². The molecule has 0 unspecified atom stereocenters. The minimum absolute atomic E-state index is 0.329. The van der Waals surface area contributed by atoms with E-state index in [4.69, 9.17) is 4.74 Å². The monoisotopic (exact) mass is 251 g/mol. The fourth-order valence-corrected chi connectivity index (χ4v) is 2.08. The highest BCUT2D eigenvalue weighted by Gasteiger charge is 2.22. The van der Waals surface area contributed by atoms with Crippen LogP contribution in [-0.4, -0.2) is 23.8 Å². The van der Waals surface area contributed by atoms with Crippen LogP contribution in [0.2, 0.25) is 0 Å². The lowest BCUT2D eigenvalue weighted by Gasteiger charge is -2.05. The molecule has 1 aromatic rings. The number of aromatic nitrogens is 1. The highest BCUT2D eigenvalue weighted by Crippen LogP contribution is 2.22. The number of hydrogen-bond acceptors (Lipinski definition) is 3. The van der Waals surface area contributed by atoms with Crippen molar-refractivity contribution in [3.8, 4) is 0 Å². The van der Waals surface area contributed by atoms with Gasteiger partial charge in [0, 0.05) is 5.69 Å². The first-order chi connectivity index (χ1) is 8.69. The molecule has 0 aliphatic carbocycles. The number of ether oxygens (including phenoxy) is 1. The van der Waals surface area contributed by atoms with Gasteiger partial charge in [-0.1, -0.05) is 20.3 Å². The van der Waals surface area contributed by atoms with E-state index in [1.165, 1.54) is 0 Å². The lowest BCUT2D eigenvalue weighted by atomic mass is 10.0. The molecule has 0 spiro atoms. The van der Waals surface area contributed by atoms with Crippen LogP contribution in [0, 0.1) is 0 Å². The summed E-state index contributed by atoms with van der Waals surface area (Å²) in [6.07, 6.45) is 4.21. The van der Waals surface area contributed by atoms with E-state index in [1.807, 2.05) is 6.92 Å². The maximum Gasteiger partial charge on any atom is 0.340 e. The highest BCUT2D eigenvalue weighted by molar-refractivity contribution is 5.95. The highest BCUT2D eigenvalue weighted by atomic mass is 16.5. The molecule has 0 bridgehead atoms. The average molecular weight is 251 g/mol. The van der Waals surface area contributed by atoms with E-state index in [0.29, 0.717) is 24.3 Å². The van der Waals surface area contributed by atoms with Crippen molar-refractivity contribution >= 4 is 12.3 Å². The number of aromatic amines is 1. The van der Waals surface area contributed by atoms with Gasteiger partial charge in [-0.15, -0.1) is 0 Å². The van der Waals surface area contributed by atoms with Crippen LogP contribution < -0.4 is 0 Å². The van der Waals surface area contributed by atoms with Crippen LogP contribution >= 0.6 is 0 Å². The number of hydrogen-bond donors (Lipinski definition) is 1. The van der Waals surface area contributed by atoms with Crippen LogP contribution in [0.1, 0.15) is 65.7 Å². The topological polar surface area (TPSA) is 59.2 Å². The third kappa shape index (κ3) is 3.00. The minimum Gasteiger partial charge on any atom is -0.462 e. The molecular formula is C14H21NO3. The molecule has 0 amide bonds. The number of carbonyl (C=O) groups excluding carboxylic acids is 2. The molecule has 0 saturated carbocycles. The molecule has 0 aromatic carbocycles. The van der Waals surface area contributed by atoms with E-state index in [-0.39, 0.29) is 5.97 Å². The number of H-pyrrole nitrogens is 1. The lowest BCUT2D eigenvalue weighted by molar-refractivity contribution is 0.0524. The number of rotatable bonds is 7. The number of esters is 1. The predicted molar refractivity (Wildman–Crippen MR) is 70.1 cm³/mol. The fraction of sp³-hybridized carbons (Fsp3) is 0.571. The molecule has 1 rings (SSSR count). The van der Waals surface area contributed by atoms with Crippen LogP contribution in [0.25, 0.3) is 0 Å². The predicted octanol–water partition coefficient (Wildman–Crippen LogP) is 2.91. The maximum atomic E-state index is 12.0. The zero-order valence-corrected chi connectivity index (χ0v) is 11.3. The number of aryl methyl sites for hydroxylation is 1. The average Bonchev–Trinajstić information content (AvgIpc) is 2.74. The van der Waals surface area contributed by atoms with Crippen LogP contribution in [0.3, 0.4) is 0 Å². The first-order valence-electron chi connectivity index (χ1n) is 6.55. The molecule has 4 heteroatoms. The molecule has 1 aromatic heterocycles. The van der Waals surface area contributed by atoms with Gasteiger partial charge in [0.15, 0.2) is 6.29 Å². The summed E-state index contributed by atoms with van der Waals surface area (Å²) in [5, 5.41) is 0. The summed E-state index contributed by atoms with van der Waals surface area (Å²) in [5.74, 6) is -0.329.